The quantitative estimate of drug-likeness (QED) is 0.780. The first-order valence-electron chi connectivity index (χ1n) is 6.62. The SMILES string of the molecule is CC[C@H]1CN([C@@H]2CCN(CC(F)(F)F)C2=O)CCO1. The summed E-state index contributed by atoms with van der Waals surface area (Å²) in [5, 5.41) is 0. The number of likely N-dealkylation sites (tertiary alicyclic amines) is 1. The third kappa shape index (κ3) is 3.60. The maximum Gasteiger partial charge on any atom is 0.406 e. The van der Waals surface area contributed by atoms with Crippen LogP contribution in [0, 0.1) is 0 Å². The van der Waals surface area contributed by atoms with Gasteiger partial charge in [0.1, 0.15) is 6.54 Å². The van der Waals surface area contributed by atoms with Crippen LogP contribution in [0.15, 0.2) is 0 Å². The number of hydrogen-bond acceptors (Lipinski definition) is 3. The summed E-state index contributed by atoms with van der Waals surface area (Å²) in [6, 6.07) is -0.403. The lowest BCUT2D eigenvalue weighted by Crippen LogP contribution is -2.51. The van der Waals surface area contributed by atoms with Crippen molar-refractivity contribution in [1.29, 1.82) is 0 Å². The Hall–Kier alpha value is -0.820. The van der Waals surface area contributed by atoms with Crippen molar-refractivity contribution in [3.63, 3.8) is 0 Å². The van der Waals surface area contributed by atoms with Crippen LogP contribution in [0.2, 0.25) is 0 Å². The summed E-state index contributed by atoms with van der Waals surface area (Å²) in [5.41, 5.74) is 0. The highest BCUT2D eigenvalue weighted by atomic mass is 19.4. The number of amides is 1. The molecular formula is C12H19F3N2O2. The zero-order chi connectivity index (χ0) is 14.0. The van der Waals surface area contributed by atoms with Crippen LogP contribution in [-0.4, -0.2) is 66.8 Å². The molecule has 0 spiro atoms. The minimum absolute atomic E-state index is 0.0817. The molecule has 110 valence electrons. The Morgan fingerprint density at radius 1 is 1.37 bits per heavy atom. The van der Waals surface area contributed by atoms with E-state index in [0.29, 0.717) is 26.1 Å². The van der Waals surface area contributed by atoms with Crippen LogP contribution in [0.5, 0.6) is 0 Å². The summed E-state index contributed by atoms with van der Waals surface area (Å²) in [6.07, 6.45) is -2.91. The van der Waals surface area contributed by atoms with E-state index in [9.17, 15) is 18.0 Å². The van der Waals surface area contributed by atoms with E-state index < -0.39 is 24.7 Å². The lowest BCUT2D eigenvalue weighted by molar-refractivity contribution is -0.160. The highest BCUT2D eigenvalue weighted by molar-refractivity contribution is 5.84. The molecule has 2 atom stereocenters. The van der Waals surface area contributed by atoms with Crippen molar-refractivity contribution >= 4 is 5.91 Å². The molecule has 0 bridgehead atoms. The van der Waals surface area contributed by atoms with E-state index in [4.69, 9.17) is 4.74 Å². The van der Waals surface area contributed by atoms with Crippen LogP contribution in [0.3, 0.4) is 0 Å². The van der Waals surface area contributed by atoms with Gasteiger partial charge in [-0.05, 0) is 12.8 Å². The number of carbonyl (C=O) groups is 1. The van der Waals surface area contributed by atoms with Gasteiger partial charge in [0.25, 0.3) is 0 Å². The number of carbonyl (C=O) groups excluding carboxylic acids is 1. The van der Waals surface area contributed by atoms with Crippen LogP contribution in [-0.2, 0) is 9.53 Å². The first-order chi connectivity index (χ1) is 8.90. The second kappa shape index (κ2) is 5.66. The van der Waals surface area contributed by atoms with Gasteiger partial charge in [-0.15, -0.1) is 0 Å². The lowest BCUT2D eigenvalue weighted by Gasteiger charge is -2.35. The normalized spacial score (nSPS) is 30.1. The van der Waals surface area contributed by atoms with E-state index in [2.05, 4.69) is 0 Å². The predicted molar refractivity (Wildman–Crippen MR) is 62.6 cm³/mol. The molecule has 0 aromatic rings. The van der Waals surface area contributed by atoms with Crippen LogP contribution < -0.4 is 0 Å². The van der Waals surface area contributed by atoms with Gasteiger partial charge >= 0.3 is 6.18 Å². The fourth-order valence-corrected chi connectivity index (χ4v) is 2.71. The number of nitrogens with zero attached hydrogens (tertiary/aromatic N) is 2. The number of ether oxygens (including phenoxy) is 1. The van der Waals surface area contributed by atoms with Crippen molar-refractivity contribution in [2.75, 3.05) is 32.8 Å². The minimum Gasteiger partial charge on any atom is -0.376 e. The standard InChI is InChI=1S/C12H19F3N2O2/c1-2-9-7-16(5-6-19-9)10-3-4-17(11(10)18)8-12(13,14)15/h9-10H,2-8H2,1H3/t9-,10+/m0/s1. The summed E-state index contributed by atoms with van der Waals surface area (Å²) in [5.74, 6) is -0.394. The molecule has 0 N–H and O–H groups in total. The Balaban J connectivity index is 1.94. The fraction of sp³-hybridized carbons (Fsp3) is 0.917. The third-order valence-corrected chi connectivity index (χ3v) is 3.71. The van der Waals surface area contributed by atoms with Gasteiger partial charge in [-0.25, -0.2) is 0 Å². The Bertz CT molecular complexity index is 335. The van der Waals surface area contributed by atoms with Crippen LogP contribution in [0.25, 0.3) is 0 Å². The van der Waals surface area contributed by atoms with Gasteiger partial charge in [0.15, 0.2) is 0 Å². The number of rotatable bonds is 3. The van der Waals surface area contributed by atoms with Crippen molar-refractivity contribution in [1.82, 2.24) is 9.80 Å². The lowest BCUT2D eigenvalue weighted by atomic mass is 10.1. The first kappa shape index (κ1) is 14.6. The van der Waals surface area contributed by atoms with Crippen molar-refractivity contribution in [2.45, 2.75) is 38.1 Å². The molecule has 0 aromatic heterocycles. The number of hydrogen-bond donors (Lipinski definition) is 0. The average molecular weight is 280 g/mol. The van der Waals surface area contributed by atoms with Crippen LogP contribution in [0.4, 0.5) is 13.2 Å². The Morgan fingerprint density at radius 2 is 2.11 bits per heavy atom. The van der Waals surface area contributed by atoms with Gasteiger partial charge in [-0.3, -0.25) is 9.69 Å². The molecule has 19 heavy (non-hydrogen) atoms. The molecule has 7 heteroatoms. The van der Waals surface area contributed by atoms with Gasteiger partial charge in [0.05, 0.1) is 18.8 Å². The van der Waals surface area contributed by atoms with Gasteiger partial charge in [-0.2, -0.15) is 13.2 Å². The van der Waals surface area contributed by atoms with Crippen molar-refractivity contribution in [3.05, 3.63) is 0 Å². The van der Waals surface area contributed by atoms with E-state index in [1.165, 1.54) is 0 Å². The molecule has 1 amide bonds. The molecule has 0 saturated carbocycles. The molecule has 2 fully saturated rings. The molecule has 4 nitrogen and oxygen atoms in total. The smallest absolute Gasteiger partial charge is 0.376 e. The third-order valence-electron chi connectivity index (χ3n) is 3.71. The first-order valence-corrected chi connectivity index (χ1v) is 6.62. The largest absolute Gasteiger partial charge is 0.406 e. The number of halogens is 3. The summed E-state index contributed by atoms with van der Waals surface area (Å²) in [4.78, 5) is 14.9. The van der Waals surface area contributed by atoms with E-state index in [0.717, 1.165) is 11.3 Å². The average Bonchev–Trinajstić information content (AvgIpc) is 2.69. The second-order valence-corrected chi connectivity index (χ2v) is 5.08. The van der Waals surface area contributed by atoms with E-state index in [1.807, 2.05) is 11.8 Å². The summed E-state index contributed by atoms with van der Waals surface area (Å²) < 4.78 is 42.5. The van der Waals surface area contributed by atoms with Crippen molar-refractivity contribution in [2.24, 2.45) is 0 Å². The maximum atomic E-state index is 12.3. The van der Waals surface area contributed by atoms with Gasteiger partial charge in [0, 0.05) is 19.6 Å². The van der Waals surface area contributed by atoms with E-state index in [-0.39, 0.29) is 12.6 Å². The summed E-state index contributed by atoms with van der Waals surface area (Å²) >= 11 is 0. The van der Waals surface area contributed by atoms with E-state index >= 15 is 0 Å². The predicted octanol–water partition coefficient (Wildman–Crippen LogP) is 1.26. The molecule has 0 aliphatic carbocycles. The second-order valence-electron chi connectivity index (χ2n) is 5.08. The Kier molecular flexibility index (Phi) is 4.35. The molecule has 2 rings (SSSR count). The zero-order valence-corrected chi connectivity index (χ0v) is 10.9. The molecule has 2 saturated heterocycles. The van der Waals surface area contributed by atoms with Gasteiger partial charge in [0.2, 0.25) is 5.91 Å². The Morgan fingerprint density at radius 3 is 2.74 bits per heavy atom. The minimum atomic E-state index is -4.32. The maximum absolute atomic E-state index is 12.3. The molecule has 0 unspecified atom stereocenters. The van der Waals surface area contributed by atoms with Gasteiger partial charge in [-0.1, -0.05) is 6.92 Å². The monoisotopic (exact) mass is 280 g/mol. The highest BCUT2D eigenvalue weighted by Crippen LogP contribution is 2.24. The molecule has 0 aromatic carbocycles. The number of alkyl halides is 3. The Labute approximate surface area is 110 Å². The highest BCUT2D eigenvalue weighted by Gasteiger charge is 2.42. The molecule has 2 aliphatic heterocycles. The molecule has 2 heterocycles. The molecular weight excluding hydrogens is 261 g/mol. The van der Waals surface area contributed by atoms with Crippen molar-refractivity contribution < 1.29 is 22.7 Å². The van der Waals surface area contributed by atoms with Crippen LogP contribution >= 0.6 is 0 Å². The molecule has 2 aliphatic rings. The molecule has 0 radical (unpaired) electrons. The number of morpholine rings is 1. The van der Waals surface area contributed by atoms with E-state index in [1.54, 1.807) is 0 Å². The zero-order valence-electron chi connectivity index (χ0n) is 10.9. The summed E-state index contributed by atoms with van der Waals surface area (Å²) in [7, 11) is 0. The van der Waals surface area contributed by atoms with Crippen LogP contribution in [0.1, 0.15) is 19.8 Å². The summed E-state index contributed by atoms with van der Waals surface area (Å²) in [6.45, 7) is 2.85. The topological polar surface area (TPSA) is 32.8 Å². The van der Waals surface area contributed by atoms with Gasteiger partial charge < -0.3 is 9.64 Å². The fourth-order valence-electron chi connectivity index (χ4n) is 2.71. The van der Waals surface area contributed by atoms with Crippen molar-refractivity contribution in [3.8, 4) is 0 Å².